The minimum atomic E-state index is -0.0405. The Kier molecular flexibility index (Phi) is 5.39. The summed E-state index contributed by atoms with van der Waals surface area (Å²) in [6, 6.07) is 13.8. The summed E-state index contributed by atoms with van der Waals surface area (Å²) in [5.74, 6) is 0.868. The number of carbonyl (C=O) groups excluding carboxylic acids is 1. The van der Waals surface area contributed by atoms with Crippen molar-refractivity contribution >= 4 is 23.1 Å². The third-order valence-corrected chi connectivity index (χ3v) is 5.60. The topological polar surface area (TPSA) is 71.0 Å². The first-order chi connectivity index (χ1) is 13.3. The molecule has 4 rings (SSSR count). The van der Waals surface area contributed by atoms with E-state index in [0.717, 1.165) is 41.5 Å². The predicted octanol–water partition coefficient (Wildman–Crippen LogP) is 3.13. The van der Waals surface area contributed by atoms with Gasteiger partial charge in [0.2, 0.25) is 5.91 Å². The molecule has 0 radical (unpaired) electrons. The van der Waals surface area contributed by atoms with Crippen LogP contribution in [0.15, 0.2) is 54.0 Å². The normalized spacial score (nSPS) is 16.9. The van der Waals surface area contributed by atoms with Crippen LogP contribution in [0.3, 0.4) is 0 Å². The standard InChI is InChI=1S/C20H21N5OS/c26-20(22-13-16-6-1-2-10-21-16)15-5-3-11-25(14-15)19-9-8-17(23-24-19)18-7-4-12-27-18/h1-2,4,6-10,12,15H,3,5,11,13-14H2,(H,22,26). The van der Waals surface area contributed by atoms with Gasteiger partial charge in [0.05, 0.1) is 23.0 Å². The Bertz CT molecular complexity index is 867. The SMILES string of the molecule is O=C(NCc1ccccn1)C1CCCN(c2ccc(-c3cccs3)nn2)C1. The second-order valence-electron chi connectivity index (χ2n) is 6.58. The Hall–Kier alpha value is -2.80. The van der Waals surface area contributed by atoms with E-state index in [9.17, 15) is 4.79 Å². The molecule has 6 nitrogen and oxygen atoms in total. The summed E-state index contributed by atoms with van der Waals surface area (Å²) in [5.41, 5.74) is 1.75. The lowest BCUT2D eigenvalue weighted by molar-refractivity contribution is -0.125. The van der Waals surface area contributed by atoms with Crippen LogP contribution < -0.4 is 10.2 Å². The molecule has 27 heavy (non-hydrogen) atoms. The molecule has 7 heteroatoms. The molecular formula is C20H21N5OS. The van der Waals surface area contributed by atoms with Crippen LogP contribution in [-0.4, -0.2) is 34.2 Å². The van der Waals surface area contributed by atoms with E-state index in [1.54, 1.807) is 17.5 Å². The third kappa shape index (κ3) is 4.31. The quantitative estimate of drug-likeness (QED) is 0.737. The number of nitrogens with zero attached hydrogens (tertiary/aromatic N) is 4. The van der Waals surface area contributed by atoms with E-state index < -0.39 is 0 Å². The van der Waals surface area contributed by atoms with Crippen molar-refractivity contribution in [1.82, 2.24) is 20.5 Å². The second kappa shape index (κ2) is 8.26. The number of hydrogen-bond donors (Lipinski definition) is 1. The minimum absolute atomic E-state index is 0.0405. The molecule has 1 atom stereocenters. The number of pyridine rings is 1. The van der Waals surface area contributed by atoms with Crippen LogP contribution in [0.1, 0.15) is 18.5 Å². The van der Waals surface area contributed by atoms with E-state index >= 15 is 0 Å². The maximum atomic E-state index is 12.6. The Morgan fingerprint density at radius 3 is 2.89 bits per heavy atom. The Labute approximate surface area is 162 Å². The van der Waals surface area contributed by atoms with Crippen molar-refractivity contribution in [1.29, 1.82) is 0 Å². The second-order valence-corrected chi connectivity index (χ2v) is 7.53. The molecule has 1 aliphatic rings. The van der Waals surface area contributed by atoms with Crippen molar-refractivity contribution < 1.29 is 4.79 Å². The van der Waals surface area contributed by atoms with E-state index in [-0.39, 0.29) is 11.8 Å². The van der Waals surface area contributed by atoms with Gasteiger partial charge in [-0.1, -0.05) is 12.1 Å². The lowest BCUT2D eigenvalue weighted by Crippen LogP contribution is -2.43. The van der Waals surface area contributed by atoms with Crippen LogP contribution in [-0.2, 0) is 11.3 Å². The van der Waals surface area contributed by atoms with Gasteiger partial charge in [0.25, 0.3) is 0 Å². The largest absolute Gasteiger partial charge is 0.354 e. The van der Waals surface area contributed by atoms with Crippen LogP contribution in [0, 0.1) is 5.92 Å². The summed E-state index contributed by atoms with van der Waals surface area (Å²) < 4.78 is 0. The van der Waals surface area contributed by atoms with Gasteiger partial charge >= 0.3 is 0 Å². The zero-order valence-corrected chi connectivity index (χ0v) is 15.7. The van der Waals surface area contributed by atoms with Gasteiger partial charge in [-0.15, -0.1) is 21.5 Å². The van der Waals surface area contributed by atoms with Crippen molar-refractivity contribution in [3.05, 3.63) is 59.7 Å². The summed E-state index contributed by atoms with van der Waals surface area (Å²) in [6.45, 7) is 2.03. The fraction of sp³-hybridized carbons (Fsp3) is 0.300. The van der Waals surface area contributed by atoms with Gasteiger partial charge in [0, 0.05) is 19.3 Å². The molecule has 0 aromatic carbocycles. The average molecular weight is 379 g/mol. The first-order valence-corrected chi connectivity index (χ1v) is 9.98. The maximum Gasteiger partial charge on any atom is 0.225 e. The van der Waals surface area contributed by atoms with Crippen LogP contribution in [0.2, 0.25) is 0 Å². The molecule has 0 spiro atoms. The molecule has 1 unspecified atom stereocenters. The highest BCUT2D eigenvalue weighted by Crippen LogP contribution is 2.25. The lowest BCUT2D eigenvalue weighted by Gasteiger charge is -2.32. The fourth-order valence-corrected chi connectivity index (χ4v) is 3.96. The summed E-state index contributed by atoms with van der Waals surface area (Å²) in [5, 5.41) is 13.8. The molecule has 1 aliphatic heterocycles. The zero-order chi connectivity index (χ0) is 18.5. The zero-order valence-electron chi connectivity index (χ0n) is 14.9. The maximum absolute atomic E-state index is 12.6. The summed E-state index contributed by atoms with van der Waals surface area (Å²) in [7, 11) is 0. The van der Waals surface area contributed by atoms with Crippen molar-refractivity contribution in [3.8, 4) is 10.6 Å². The highest BCUT2D eigenvalue weighted by atomic mass is 32.1. The lowest BCUT2D eigenvalue weighted by atomic mass is 9.97. The number of hydrogen-bond acceptors (Lipinski definition) is 6. The van der Waals surface area contributed by atoms with E-state index in [4.69, 9.17) is 0 Å². The first-order valence-electron chi connectivity index (χ1n) is 9.10. The van der Waals surface area contributed by atoms with Crippen molar-refractivity contribution in [3.63, 3.8) is 0 Å². The number of rotatable bonds is 5. The van der Waals surface area contributed by atoms with Crippen LogP contribution >= 0.6 is 11.3 Å². The van der Waals surface area contributed by atoms with Crippen molar-refractivity contribution in [2.24, 2.45) is 5.92 Å². The number of thiophene rings is 1. The summed E-state index contributed by atoms with van der Waals surface area (Å²) >= 11 is 1.65. The van der Waals surface area contributed by atoms with Gasteiger partial charge in [-0.3, -0.25) is 9.78 Å². The number of anilines is 1. The Morgan fingerprint density at radius 2 is 2.15 bits per heavy atom. The monoisotopic (exact) mass is 379 g/mol. The third-order valence-electron chi connectivity index (χ3n) is 4.71. The van der Waals surface area contributed by atoms with Crippen LogP contribution in [0.4, 0.5) is 5.82 Å². The Balaban J connectivity index is 1.36. The van der Waals surface area contributed by atoms with Gasteiger partial charge in [-0.25, -0.2) is 0 Å². The first kappa shape index (κ1) is 17.6. The molecule has 3 aromatic heterocycles. The van der Waals surface area contributed by atoms with Crippen LogP contribution in [0.5, 0.6) is 0 Å². The number of amides is 1. The number of carbonyl (C=O) groups is 1. The molecule has 1 N–H and O–H groups in total. The van der Waals surface area contributed by atoms with Gasteiger partial charge in [-0.05, 0) is 48.6 Å². The van der Waals surface area contributed by atoms with E-state index in [2.05, 4.69) is 25.4 Å². The van der Waals surface area contributed by atoms with Gasteiger partial charge in [-0.2, -0.15) is 0 Å². The van der Waals surface area contributed by atoms with E-state index in [1.165, 1.54) is 0 Å². The predicted molar refractivity (Wildman–Crippen MR) is 106 cm³/mol. The van der Waals surface area contributed by atoms with Gasteiger partial charge in [0.1, 0.15) is 5.69 Å². The molecule has 1 saturated heterocycles. The summed E-state index contributed by atoms with van der Waals surface area (Å²) in [6.07, 6.45) is 3.60. The minimum Gasteiger partial charge on any atom is -0.354 e. The molecule has 0 aliphatic carbocycles. The number of nitrogens with one attached hydrogen (secondary N) is 1. The molecule has 0 saturated carbocycles. The fourth-order valence-electron chi connectivity index (χ4n) is 3.27. The average Bonchev–Trinajstić information content (AvgIpc) is 3.28. The van der Waals surface area contributed by atoms with Gasteiger partial charge in [0.15, 0.2) is 5.82 Å². The van der Waals surface area contributed by atoms with Crippen LogP contribution in [0.25, 0.3) is 10.6 Å². The van der Waals surface area contributed by atoms with E-state index in [1.807, 2.05) is 47.8 Å². The number of aromatic nitrogens is 3. The molecule has 1 amide bonds. The molecule has 4 heterocycles. The number of piperidine rings is 1. The van der Waals surface area contributed by atoms with Gasteiger partial charge < -0.3 is 10.2 Å². The smallest absolute Gasteiger partial charge is 0.225 e. The molecule has 3 aromatic rings. The van der Waals surface area contributed by atoms with E-state index in [0.29, 0.717) is 13.1 Å². The molecule has 138 valence electrons. The molecule has 0 bridgehead atoms. The summed E-state index contributed by atoms with van der Waals surface area (Å²) in [4.78, 5) is 20.1. The molecular weight excluding hydrogens is 358 g/mol. The highest BCUT2D eigenvalue weighted by Gasteiger charge is 2.26. The highest BCUT2D eigenvalue weighted by molar-refractivity contribution is 7.13. The van der Waals surface area contributed by atoms with Crippen molar-refractivity contribution in [2.75, 3.05) is 18.0 Å². The van der Waals surface area contributed by atoms with Crippen molar-refractivity contribution in [2.45, 2.75) is 19.4 Å². The molecule has 1 fully saturated rings. The Morgan fingerprint density at radius 1 is 1.19 bits per heavy atom.